The summed E-state index contributed by atoms with van der Waals surface area (Å²) >= 11 is 0. The molecular formula is C19H27ClIN5. The number of aromatic nitrogens is 4. The van der Waals surface area contributed by atoms with Gasteiger partial charge in [-0.3, -0.25) is 4.68 Å². The highest BCUT2D eigenvalue weighted by molar-refractivity contribution is 5.85. The van der Waals surface area contributed by atoms with Crippen molar-refractivity contribution in [3.63, 3.8) is 0 Å². The van der Waals surface area contributed by atoms with E-state index in [1.165, 1.54) is 22.2 Å². The maximum absolute atomic E-state index is 4.64. The Balaban J connectivity index is 0.00000121. The van der Waals surface area contributed by atoms with E-state index in [0.717, 1.165) is 39.0 Å². The molecule has 1 saturated heterocycles. The van der Waals surface area contributed by atoms with E-state index in [2.05, 4.69) is 68.8 Å². The van der Waals surface area contributed by atoms with Crippen LogP contribution in [0.3, 0.4) is 0 Å². The van der Waals surface area contributed by atoms with E-state index < -0.39 is 0 Å². The number of benzene rings is 1. The zero-order chi connectivity index (χ0) is 16.5. The van der Waals surface area contributed by atoms with Crippen LogP contribution in [-0.4, -0.2) is 27.4 Å². The Morgan fingerprint density at radius 3 is 2.65 bits per heavy atom. The number of hydrogen-bond donors (Lipinski definition) is 1. The normalized spacial score (nSPS) is 14.8. The van der Waals surface area contributed by atoms with E-state index in [9.17, 15) is 0 Å². The van der Waals surface area contributed by atoms with Crippen molar-refractivity contribution in [3.05, 3.63) is 36.9 Å². The molecule has 0 unspecified atom stereocenters. The number of nitrogens with one attached hydrogen (secondary N) is 1. The first-order chi connectivity index (χ1) is 11.8. The third kappa shape index (κ3) is 3.92. The molecule has 1 aliphatic rings. The zero-order valence-corrected chi connectivity index (χ0v) is 18.3. The van der Waals surface area contributed by atoms with Crippen LogP contribution in [0, 0.1) is 0 Å². The van der Waals surface area contributed by atoms with Crippen LogP contribution in [0.25, 0.3) is 22.2 Å². The zero-order valence-electron chi connectivity index (χ0n) is 15.4. The highest BCUT2D eigenvalue weighted by Crippen LogP contribution is 2.26. The maximum Gasteiger partial charge on any atom is 0.244 e. The van der Waals surface area contributed by atoms with Crippen LogP contribution in [0.5, 0.6) is 0 Å². The number of aryl methyl sites for hydroxylation is 2. The first-order valence-electron chi connectivity index (χ1n) is 9.07. The first-order valence-corrected chi connectivity index (χ1v) is 9.07. The molecule has 4 rings (SSSR count). The fourth-order valence-corrected chi connectivity index (χ4v) is 3.73. The molecule has 26 heavy (non-hydrogen) atoms. The Morgan fingerprint density at radius 2 is 1.96 bits per heavy atom. The summed E-state index contributed by atoms with van der Waals surface area (Å²) in [6.45, 7) is 8.55. The molecule has 1 aliphatic heterocycles. The second kappa shape index (κ2) is 9.19. The first kappa shape index (κ1) is 21.2. The smallest absolute Gasteiger partial charge is 0.244 e. The van der Waals surface area contributed by atoms with Crippen LogP contribution in [0.4, 0.5) is 0 Å². The van der Waals surface area contributed by atoms with E-state index in [1.54, 1.807) is 0 Å². The number of hydrogen-bond acceptors (Lipinski definition) is 2. The minimum absolute atomic E-state index is 0. The van der Waals surface area contributed by atoms with Gasteiger partial charge in [0.25, 0.3) is 0 Å². The number of halogens is 2. The Bertz CT molecular complexity index is 851. The lowest BCUT2D eigenvalue weighted by molar-refractivity contribution is -0.668. The third-order valence-electron chi connectivity index (χ3n) is 5.17. The van der Waals surface area contributed by atoms with Crippen molar-refractivity contribution in [1.82, 2.24) is 19.7 Å². The fraction of sp³-hybridized carbons (Fsp3) is 0.474. The lowest BCUT2D eigenvalue weighted by atomic mass is 10.1. The van der Waals surface area contributed by atoms with Crippen LogP contribution >= 0.6 is 12.4 Å². The van der Waals surface area contributed by atoms with Gasteiger partial charge in [0.1, 0.15) is 0 Å². The van der Waals surface area contributed by atoms with Crippen molar-refractivity contribution in [2.24, 2.45) is 0 Å². The Hall–Kier alpha value is -1.12. The van der Waals surface area contributed by atoms with E-state index in [1.807, 2.05) is 6.20 Å². The molecule has 1 fully saturated rings. The topological polar surface area (TPSA) is 38.7 Å². The Labute approximate surface area is 178 Å². The molecule has 0 amide bonds. The highest BCUT2D eigenvalue weighted by atomic mass is 127. The SMILES string of the molecule is CCn1c[n+](CC)c2ccc(-c3cnn(C4CCNCC4)c3)cc21.Cl.[I-]. The summed E-state index contributed by atoms with van der Waals surface area (Å²) in [5.74, 6) is 0. The van der Waals surface area contributed by atoms with Crippen LogP contribution in [0.2, 0.25) is 0 Å². The second-order valence-corrected chi connectivity index (χ2v) is 6.58. The van der Waals surface area contributed by atoms with Crippen molar-refractivity contribution >= 4 is 23.4 Å². The Morgan fingerprint density at radius 1 is 1.19 bits per heavy atom. The third-order valence-corrected chi connectivity index (χ3v) is 5.17. The molecule has 5 nitrogen and oxygen atoms in total. The molecule has 1 aromatic carbocycles. The number of nitrogens with zero attached hydrogens (tertiary/aromatic N) is 4. The van der Waals surface area contributed by atoms with Crippen molar-refractivity contribution in [1.29, 1.82) is 0 Å². The fourth-order valence-electron chi connectivity index (χ4n) is 3.73. The number of rotatable bonds is 4. The van der Waals surface area contributed by atoms with Gasteiger partial charge >= 0.3 is 0 Å². The molecular weight excluding hydrogens is 461 g/mol. The van der Waals surface area contributed by atoms with E-state index >= 15 is 0 Å². The second-order valence-electron chi connectivity index (χ2n) is 6.58. The summed E-state index contributed by atoms with van der Waals surface area (Å²) in [7, 11) is 0. The van der Waals surface area contributed by atoms with Gasteiger partial charge in [-0.1, -0.05) is 0 Å². The molecule has 3 heterocycles. The van der Waals surface area contributed by atoms with Crippen LogP contribution < -0.4 is 33.9 Å². The summed E-state index contributed by atoms with van der Waals surface area (Å²) in [5.41, 5.74) is 5.06. The van der Waals surface area contributed by atoms with E-state index in [0.29, 0.717) is 6.04 Å². The van der Waals surface area contributed by atoms with Crippen LogP contribution in [0.1, 0.15) is 32.7 Å². The average Bonchev–Trinajstić information content (AvgIpc) is 3.26. The largest absolute Gasteiger partial charge is 1.00 e. The molecule has 7 heteroatoms. The average molecular weight is 488 g/mol. The highest BCUT2D eigenvalue weighted by Gasteiger charge is 2.18. The lowest BCUT2D eigenvalue weighted by Gasteiger charge is -2.22. The van der Waals surface area contributed by atoms with Gasteiger partial charge in [-0.25, -0.2) is 9.13 Å². The van der Waals surface area contributed by atoms with Gasteiger partial charge in [0.05, 0.1) is 25.3 Å². The predicted molar refractivity (Wildman–Crippen MR) is 103 cm³/mol. The standard InChI is InChI=1S/C19H26N5.ClH.HI/c1-3-22-14-23(4-2)19-11-15(5-6-18(19)22)16-12-21-24(13-16)17-7-9-20-10-8-17;;/h5-6,11-14,17,20H,3-4,7-10H2,1-2H3;2*1H/q+1;;/p-1. The quantitative estimate of drug-likeness (QED) is 0.421. The predicted octanol–water partition coefficient (Wildman–Crippen LogP) is 0.182. The van der Waals surface area contributed by atoms with Gasteiger partial charge < -0.3 is 29.3 Å². The molecule has 0 bridgehead atoms. The summed E-state index contributed by atoms with van der Waals surface area (Å²) < 4.78 is 6.78. The molecule has 0 saturated carbocycles. The molecule has 3 aromatic rings. The molecule has 0 spiro atoms. The molecule has 1 N–H and O–H groups in total. The minimum Gasteiger partial charge on any atom is -1.00 e. The number of imidazole rings is 1. The minimum atomic E-state index is 0. The number of piperidine rings is 1. The molecule has 2 aromatic heterocycles. The van der Waals surface area contributed by atoms with Gasteiger partial charge in [-0.2, -0.15) is 5.10 Å². The summed E-state index contributed by atoms with van der Waals surface area (Å²) in [4.78, 5) is 0. The van der Waals surface area contributed by atoms with Crippen LogP contribution in [-0.2, 0) is 13.1 Å². The molecule has 0 aliphatic carbocycles. The van der Waals surface area contributed by atoms with E-state index in [-0.39, 0.29) is 36.4 Å². The van der Waals surface area contributed by atoms with Crippen molar-refractivity contribution in [2.45, 2.75) is 45.8 Å². The lowest BCUT2D eigenvalue weighted by Crippen LogP contribution is -3.00. The Kier molecular flexibility index (Phi) is 7.49. The van der Waals surface area contributed by atoms with Crippen molar-refractivity contribution in [2.75, 3.05) is 13.1 Å². The summed E-state index contributed by atoms with van der Waals surface area (Å²) in [6.07, 6.45) is 8.76. The van der Waals surface area contributed by atoms with Gasteiger partial charge in [-0.05, 0) is 63.5 Å². The van der Waals surface area contributed by atoms with Gasteiger partial charge in [-0.15, -0.1) is 12.4 Å². The monoisotopic (exact) mass is 487 g/mol. The maximum atomic E-state index is 4.64. The van der Waals surface area contributed by atoms with Gasteiger partial charge in [0, 0.05) is 11.8 Å². The van der Waals surface area contributed by atoms with Gasteiger partial charge in [0.15, 0.2) is 11.0 Å². The number of fused-ring (bicyclic) bond motifs is 1. The summed E-state index contributed by atoms with van der Waals surface area (Å²) in [6, 6.07) is 7.29. The van der Waals surface area contributed by atoms with Gasteiger partial charge in [0.2, 0.25) is 6.33 Å². The van der Waals surface area contributed by atoms with Crippen molar-refractivity contribution in [3.8, 4) is 11.1 Å². The molecule has 142 valence electrons. The summed E-state index contributed by atoms with van der Waals surface area (Å²) in [5, 5.41) is 8.05. The van der Waals surface area contributed by atoms with E-state index in [4.69, 9.17) is 0 Å². The molecule has 0 atom stereocenters. The van der Waals surface area contributed by atoms with Crippen LogP contribution in [0.15, 0.2) is 36.9 Å². The van der Waals surface area contributed by atoms with Crippen molar-refractivity contribution < 1.29 is 28.5 Å². The molecule has 0 radical (unpaired) electrons.